The van der Waals surface area contributed by atoms with Crippen LogP contribution in [0.5, 0.6) is 0 Å². The van der Waals surface area contributed by atoms with E-state index in [2.05, 4.69) is 31.2 Å². The van der Waals surface area contributed by atoms with Crippen LogP contribution in [0.2, 0.25) is 0 Å². The molecule has 1 amide bonds. The van der Waals surface area contributed by atoms with Gasteiger partial charge in [0, 0.05) is 27.7 Å². The molecule has 0 bridgehead atoms. The molecule has 2 rings (SSSR count). The molecular formula is C13H13BrN4O. The van der Waals surface area contributed by atoms with Gasteiger partial charge in [-0.3, -0.25) is 9.78 Å². The maximum Gasteiger partial charge on any atom is 0.259 e. The Morgan fingerprint density at radius 3 is 2.53 bits per heavy atom. The van der Waals surface area contributed by atoms with Gasteiger partial charge >= 0.3 is 0 Å². The van der Waals surface area contributed by atoms with Crippen molar-refractivity contribution in [3.8, 4) is 0 Å². The summed E-state index contributed by atoms with van der Waals surface area (Å²) in [6.07, 6.45) is 1.55. The summed E-state index contributed by atoms with van der Waals surface area (Å²) >= 11 is 3.27. The van der Waals surface area contributed by atoms with Crippen molar-refractivity contribution >= 4 is 33.3 Å². The highest BCUT2D eigenvalue weighted by molar-refractivity contribution is 9.10. The van der Waals surface area contributed by atoms with Crippen LogP contribution in [0.3, 0.4) is 0 Å². The minimum absolute atomic E-state index is 0.197. The van der Waals surface area contributed by atoms with Gasteiger partial charge < -0.3 is 11.1 Å². The monoisotopic (exact) mass is 320 g/mol. The first-order chi connectivity index (χ1) is 8.95. The number of nitrogens with one attached hydrogen (secondary N) is 1. The summed E-state index contributed by atoms with van der Waals surface area (Å²) in [6, 6.07) is 5.23. The number of carbonyl (C=O) groups is 1. The van der Waals surface area contributed by atoms with Crippen molar-refractivity contribution < 1.29 is 4.79 Å². The van der Waals surface area contributed by atoms with Crippen LogP contribution in [0.25, 0.3) is 0 Å². The van der Waals surface area contributed by atoms with Gasteiger partial charge in [0.15, 0.2) is 0 Å². The molecule has 6 heteroatoms. The van der Waals surface area contributed by atoms with Crippen molar-refractivity contribution in [2.24, 2.45) is 0 Å². The average molecular weight is 321 g/mol. The molecule has 0 aliphatic heterocycles. The Labute approximate surface area is 119 Å². The predicted molar refractivity (Wildman–Crippen MR) is 78.0 cm³/mol. The van der Waals surface area contributed by atoms with Crippen LogP contribution < -0.4 is 11.1 Å². The quantitative estimate of drug-likeness (QED) is 0.891. The van der Waals surface area contributed by atoms with Gasteiger partial charge in [-0.05, 0) is 48.0 Å². The highest BCUT2D eigenvalue weighted by Gasteiger charge is 2.12. The molecule has 0 aliphatic carbocycles. The first-order valence-electron chi connectivity index (χ1n) is 5.63. The minimum Gasteiger partial charge on any atom is -0.383 e. The average Bonchev–Trinajstić information content (AvgIpc) is 2.30. The van der Waals surface area contributed by atoms with Crippen LogP contribution in [0.15, 0.2) is 28.9 Å². The fraction of sp³-hybridized carbons (Fsp3) is 0.154. The summed E-state index contributed by atoms with van der Waals surface area (Å²) < 4.78 is 0.703. The highest BCUT2D eigenvalue weighted by atomic mass is 79.9. The second kappa shape index (κ2) is 5.36. The Hall–Kier alpha value is -1.95. The molecule has 0 radical (unpaired) electrons. The number of pyridine rings is 2. The molecule has 3 N–H and O–H groups in total. The lowest BCUT2D eigenvalue weighted by atomic mass is 10.2. The highest BCUT2D eigenvalue weighted by Crippen LogP contribution is 2.18. The number of nitrogen functional groups attached to an aromatic ring is 1. The number of nitrogens with zero attached hydrogens (tertiary/aromatic N) is 2. The lowest BCUT2D eigenvalue weighted by Crippen LogP contribution is -2.15. The molecule has 0 unspecified atom stereocenters. The first kappa shape index (κ1) is 13.5. The minimum atomic E-state index is -0.295. The van der Waals surface area contributed by atoms with Crippen LogP contribution in [0.1, 0.15) is 21.7 Å². The number of aryl methyl sites for hydroxylation is 2. The molecule has 0 atom stereocenters. The van der Waals surface area contributed by atoms with Gasteiger partial charge in [-0.25, -0.2) is 4.98 Å². The zero-order valence-electron chi connectivity index (χ0n) is 10.6. The fourth-order valence-corrected chi connectivity index (χ4v) is 2.07. The second-order valence-corrected chi connectivity index (χ2v) is 5.09. The van der Waals surface area contributed by atoms with Crippen LogP contribution in [0.4, 0.5) is 11.5 Å². The smallest absolute Gasteiger partial charge is 0.259 e. The summed E-state index contributed by atoms with van der Waals surface area (Å²) in [4.78, 5) is 20.3. The number of rotatable bonds is 2. The van der Waals surface area contributed by atoms with Crippen molar-refractivity contribution in [3.63, 3.8) is 0 Å². The third kappa shape index (κ3) is 3.29. The largest absolute Gasteiger partial charge is 0.383 e. The van der Waals surface area contributed by atoms with Gasteiger partial charge in [0.25, 0.3) is 5.91 Å². The van der Waals surface area contributed by atoms with E-state index in [0.29, 0.717) is 15.7 Å². The Morgan fingerprint density at radius 2 is 1.89 bits per heavy atom. The topological polar surface area (TPSA) is 80.9 Å². The van der Waals surface area contributed by atoms with Crippen LogP contribution >= 0.6 is 15.9 Å². The standard InChI is InChI=1S/C13H13BrN4O/c1-7-3-10(4-8(2)17-7)18-13(19)11-5-9(14)6-16-12(11)15/h3-6H,1-2H3,(H2,15,16)(H,17,18,19). The second-order valence-electron chi connectivity index (χ2n) is 4.18. The maximum atomic E-state index is 12.1. The summed E-state index contributed by atoms with van der Waals surface area (Å²) in [7, 11) is 0. The van der Waals surface area contributed by atoms with E-state index in [0.717, 1.165) is 11.4 Å². The Bertz CT molecular complexity index is 622. The SMILES string of the molecule is Cc1cc(NC(=O)c2cc(Br)cnc2N)cc(C)n1. The third-order valence-electron chi connectivity index (χ3n) is 2.47. The molecule has 0 saturated heterocycles. The van der Waals surface area contributed by atoms with Gasteiger partial charge in [-0.2, -0.15) is 0 Å². The lowest BCUT2D eigenvalue weighted by molar-refractivity contribution is 0.102. The normalized spacial score (nSPS) is 10.3. The molecule has 19 heavy (non-hydrogen) atoms. The lowest BCUT2D eigenvalue weighted by Gasteiger charge is -2.08. The molecule has 0 spiro atoms. The molecule has 2 aromatic rings. The Balaban J connectivity index is 2.28. The van der Waals surface area contributed by atoms with E-state index >= 15 is 0 Å². The van der Waals surface area contributed by atoms with E-state index in [4.69, 9.17) is 5.73 Å². The summed E-state index contributed by atoms with van der Waals surface area (Å²) in [5.74, 6) is -0.0977. The van der Waals surface area contributed by atoms with E-state index in [1.54, 1.807) is 24.4 Å². The van der Waals surface area contributed by atoms with Gasteiger partial charge in [0.05, 0.1) is 5.56 Å². The molecule has 2 heterocycles. The number of aromatic nitrogens is 2. The van der Waals surface area contributed by atoms with Crippen molar-refractivity contribution in [3.05, 3.63) is 45.8 Å². The van der Waals surface area contributed by atoms with Gasteiger partial charge in [0.2, 0.25) is 0 Å². The zero-order chi connectivity index (χ0) is 14.0. The number of hydrogen-bond acceptors (Lipinski definition) is 4. The molecule has 5 nitrogen and oxygen atoms in total. The van der Waals surface area contributed by atoms with Crippen molar-refractivity contribution in [1.82, 2.24) is 9.97 Å². The van der Waals surface area contributed by atoms with E-state index < -0.39 is 0 Å². The van der Waals surface area contributed by atoms with Gasteiger partial charge in [-0.1, -0.05) is 0 Å². The zero-order valence-corrected chi connectivity index (χ0v) is 12.2. The van der Waals surface area contributed by atoms with Crippen LogP contribution in [-0.2, 0) is 0 Å². The summed E-state index contributed by atoms with van der Waals surface area (Å²) in [5.41, 5.74) is 8.41. The Kier molecular flexibility index (Phi) is 3.80. The summed E-state index contributed by atoms with van der Waals surface area (Å²) in [6.45, 7) is 3.75. The van der Waals surface area contributed by atoms with Crippen molar-refractivity contribution in [2.75, 3.05) is 11.1 Å². The molecule has 0 aliphatic rings. The molecule has 98 valence electrons. The van der Waals surface area contributed by atoms with Crippen LogP contribution in [0, 0.1) is 13.8 Å². The molecular weight excluding hydrogens is 308 g/mol. The predicted octanol–water partition coefficient (Wildman–Crippen LogP) is 2.69. The molecule has 0 saturated carbocycles. The number of carbonyl (C=O) groups excluding carboxylic acids is 1. The van der Waals surface area contributed by atoms with E-state index in [1.807, 2.05) is 13.8 Å². The van der Waals surface area contributed by atoms with Crippen molar-refractivity contribution in [1.29, 1.82) is 0 Å². The van der Waals surface area contributed by atoms with E-state index in [-0.39, 0.29) is 11.7 Å². The number of nitrogens with two attached hydrogens (primary N) is 1. The maximum absolute atomic E-state index is 12.1. The molecule has 2 aromatic heterocycles. The summed E-state index contributed by atoms with van der Waals surface area (Å²) in [5, 5.41) is 2.79. The molecule has 0 fully saturated rings. The van der Waals surface area contributed by atoms with E-state index in [1.165, 1.54) is 0 Å². The van der Waals surface area contributed by atoms with Gasteiger partial charge in [0.1, 0.15) is 5.82 Å². The number of anilines is 2. The first-order valence-corrected chi connectivity index (χ1v) is 6.42. The van der Waals surface area contributed by atoms with Gasteiger partial charge in [-0.15, -0.1) is 0 Å². The number of amides is 1. The third-order valence-corrected chi connectivity index (χ3v) is 2.90. The number of halogens is 1. The number of hydrogen-bond donors (Lipinski definition) is 2. The van der Waals surface area contributed by atoms with Crippen LogP contribution in [-0.4, -0.2) is 15.9 Å². The molecule has 0 aromatic carbocycles. The van der Waals surface area contributed by atoms with E-state index in [9.17, 15) is 4.79 Å². The Morgan fingerprint density at radius 1 is 1.26 bits per heavy atom. The van der Waals surface area contributed by atoms with Crippen molar-refractivity contribution in [2.45, 2.75) is 13.8 Å². The fourth-order valence-electron chi connectivity index (χ4n) is 1.74.